The molecule has 1 aliphatic rings. The number of hydrogen-bond acceptors (Lipinski definition) is 4. The van der Waals surface area contributed by atoms with Crippen molar-refractivity contribution in [2.24, 2.45) is 0 Å². The highest BCUT2D eigenvalue weighted by atomic mass is 32.1. The van der Waals surface area contributed by atoms with Crippen LogP contribution in [0.2, 0.25) is 0 Å². The first-order valence-electron chi connectivity index (χ1n) is 7.44. The van der Waals surface area contributed by atoms with E-state index in [9.17, 15) is 4.79 Å². The van der Waals surface area contributed by atoms with Crippen LogP contribution in [0.15, 0.2) is 35.1 Å². The SMILES string of the molecule is CC(C)N1CNc2c(c(=O)[nH]c(=S)n2Cc2ccccc2)C1. The highest BCUT2D eigenvalue weighted by molar-refractivity contribution is 7.71. The molecule has 0 saturated carbocycles. The van der Waals surface area contributed by atoms with Crippen LogP contribution < -0.4 is 10.9 Å². The van der Waals surface area contributed by atoms with Crippen molar-refractivity contribution in [3.05, 3.63) is 56.6 Å². The molecule has 2 heterocycles. The lowest BCUT2D eigenvalue weighted by molar-refractivity contribution is 0.218. The van der Waals surface area contributed by atoms with Crippen LogP contribution in [0.4, 0.5) is 5.82 Å². The molecule has 6 heteroatoms. The third kappa shape index (κ3) is 2.84. The summed E-state index contributed by atoms with van der Waals surface area (Å²) in [4.78, 5) is 17.3. The van der Waals surface area contributed by atoms with Gasteiger partial charge in [0.05, 0.1) is 18.8 Å². The molecule has 0 saturated heterocycles. The molecule has 1 aromatic heterocycles. The lowest BCUT2D eigenvalue weighted by Crippen LogP contribution is -2.42. The predicted octanol–water partition coefficient (Wildman–Crippen LogP) is 2.55. The Kier molecular flexibility index (Phi) is 4.13. The minimum atomic E-state index is -0.0952. The third-order valence-corrected chi connectivity index (χ3v) is 4.34. The molecule has 0 unspecified atom stereocenters. The predicted molar refractivity (Wildman–Crippen MR) is 90.6 cm³/mol. The van der Waals surface area contributed by atoms with Gasteiger partial charge in [0, 0.05) is 12.6 Å². The average Bonchev–Trinajstić information content (AvgIpc) is 2.52. The van der Waals surface area contributed by atoms with Gasteiger partial charge in [-0.15, -0.1) is 0 Å². The van der Waals surface area contributed by atoms with E-state index >= 15 is 0 Å². The summed E-state index contributed by atoms with van der Waals surface area (Å²) in [5, 5.41) is 3.37. The molecular weight excluding hydrogens is 296 g/mol. The second-order valence-corrected chi connectivity index (χ2v) is 6.22. The number of rotatable bonds is 3. The number of H-pyrrole nitrogens is 1. The lowest BCUT2D eigenvalue weighted by Gasteiger charge is -2.33. The molecule has 2 N–H and O–H groups in total. The van der Waals surface area contributed by atoms with Gasteiger partial charge in [-0.2, -0.15) is 0 Å². The number of nitrogens with zero attached hydrogens (tertiary/aromatic N) is 2. The van der Waals surface area contributed by atoms with Gasteiger partial charge in [-0.3, -0.25) is 14.7 Å². The quantitative estimate of drug-likeness (QED) is 0.855. The molecule has 0 bridgehead atoms. The number of nitrogens with one attached hydrogen (secondary N) is 2. The topological polar surface area (TPSA) is 53.1 Å². The molecular formula is C16H20N4OS. The third-order valence-electron chi connectivity index (χ3n) is 4.02. The summed E-state index contributed by atoms with van der Waals surface area (Å²) in [7, 11) is 0. The summed E-state index contributed by atoms with van der Waals surface area (Å²) in [6.07, 6.45) is 0. The maximum Gasteiger partial charge on any atom is 0.258 e. The largest absolute Gasteiger partial charge is 0.358 e. The van der Waals surface area contributed by atoms with Crippen LogP contribution in [0.5, 0.6) is 0 Å². The summed E-state index contributed by atoms with van der Waals surface area (Å²) >= 11 is 5.36. The highest BCUT2D eigenvalue weighted by Crippen LogP contribution is 2.21. The molecule has 1 aliphatic heterocycles. The van der Waals surface area contributed by atoms with Gasteiger partial charge in [0.15, 0.2) is 4.77 Å². The molecule has 0 amide bonds. The first-order valence-corrected chi connectivity index (χ1v) is 7.85. The zero-order valence-electron chi connectivity index (χ0n) is 12.8. The van der Waals surface area contributed by atoms with Crippen LogP contribution in [0.1, 0.15) is 25.0 Å². The molecule has 22 heavy (non-hydrogen) atoms. The van der Waals surface area contributed by atoms with Crippen LogP contribution in [0.25, 0.3) is 0 Å². The first kappa shape index (κ1) is 15.0. The highest BCUT2D eigenvalue weighted by Gasteiger charge is 2.23. The Morgan fingerprint density at radius 3 is 2.68 bits per heavy atom. The Morgan fingerprint density at radius 2 is 2.00 bits per heavy atom. The zero-order valence-corrected chi connectivity index (χ0v) is 13.6. The van der Waals surface area contributed by atoms with Gasteiger partial charge in [0.25, 0.3) is 5.56 Å². The van der Waals surface area contributed by atoms with E-state index in [1.54, 1.807) is 0 Å². The number of benzene rings is 1. The van der Waals surface area contributed by atoms with Crippen molar-refractivity contribution in [3.8, 4) is 0 Å². The standard InChI is InChI=1S/C16H20N4OS/c1-11(2)19-9-13-14(17-10-19)20(16(22)18-15(13)21)8-12-6-4-3-5-7-12/h3-7,11,17H,8-10H2,1-2H3,(H,18,21,22). The van der Waals surface area contributed by atoms with Crippen molar-refractivity contribution >= 4 is 18.0 Å². The zero-order chi connectivity index (χ0) is 15.7. The molecule has 1 aromatic carbocycles. The van der Waals surface area contributed by atoms with Crippen molar-refractivity contribution in [1.82, 2.24) is 14.5 Å². The first-order chi connectivity index (χ1) is 10.6. The molecule has 116 valence electrons. The second kappa shape index (κ2) is 6.06. The van der Waals surface area contributed by atoms with E-state index in [2.05, 4.69) is 41.2 Å². The summed E-state index contributed by atoms with van der Waals surface area (Å²) in [6, 6.07) is 10.5. The van der Waals surface area contributed by atoms with Crippen molar-refractivity contribution < 1.29 is 0 Å². The minimum Gasteiger partial charge on any atom is -0.358 e. The number of aromatic nitrogens is 2. The Bertz CT molecular complexity index is 779. The van der Waals surface area contributed by atoms with Gasteiger partial charge in [0.1, 0.15) is 5.82 Å². The molecule has 0 radical (unpaired) electrons. The van der Waals surface area contributed by atoms with Crippen LogP contribution in [0, 0.1) is 4.77 Å². The minimum absolute atomic E-state index is 0.0952. The van der Waals surface area contributed by atoms with Crippen LogP contribution in [-0.4, -0.2) is 27.2 Å². The number of fused-ring (bicyclic) bond motifs is 1. The van der Waals surface area contributed by atoms with E-state index < -0.39 is 0 Å². The van der Waals surface area contributed by atoms with E-state index in [1.807, 2.05) is 22.8 Å². The molecule has 3 rings (SSSR count). The Balaban J connectivity index is 2.04. The monoisotopic (exact) mass is 316 g/mol. The number of anilines is 1. The summed E-state index contributed by atoms with van der Waals surface area (Å²) in [5.41, 5.74) is 1.81. The van der Waals surface area contributed by atoms with Gasteiger partial charge in [-0.25, -0.2) is 0 Å². The molecule has 2 aromatic rings. The maximum atomic E-state index is 12.3. The van der Waals surface area contributed by atoms with E-state index in [4.69, 9.17) is 12.2 Å². The Hall–Kier alpha value is -1.92. The van der Waals surface area contributed by atoms with Crippen LogP contribution in [0.3, 0.4) is 0 Å². The molecule has 0 spiro atoms. The smallest absolute Gasteiger partial charge is 0.258 e. The number of hydrogen-bond donors (Lipinski definition) is 2. The fourth-order valence-electron chi connectivity index (χ4n) is 2.68. The van der Waals surface area contributed by atoms with Crippen molar-refractivity contribution in [3.63, 3.8) is 0 Å². The molecule has 0 atom stereocenters. The maximum absolute atomic E-state index is 12.3. The Morgan fingerprint density at radius 1 is 1.27 bits per heavy atom. The molecule has 5 nitrogen and oxygen atoms in total. The van der Waals surface area contributed by atoms with Crippen molar-refractivity contribution in [2.75, 3.05) is 12.0 Å². The number of aromatic amines is 1. The second-order valence-electron chi connectivity index (χ2n) is 5.83. The van der Waals surface area contributed by atoms with Gasteiger partial charge in [-0.05, 0) is 31.6 Å². The van der Waals surface area contributed by atoms with Gasteiger partial charge in [0.2, 0.25) is 0 Å². The fourth-order valence-corrected chi connectivity index (χ4v) is 2.93. The van der Waals surface area contributed by atoms with E-state index in [1.165, 1.54) is 0 Å². The van der Waals surface area contributed by atoms with Crippen molar-refractivity contribution in [2.45, 2.75) is 33.0 Å². The molecule has 0 fully saturated rings. The van der Waals surface area contributed by atoms with Crippen molar-refractivity contribution in [1.29, 1.82) is 0 Å². The average molecular weight is 316 g/mol. The van der Waals surface area contributed by atoms with Crippen LogP contribution >= 0.6 is 12.2 Å². The van der Waals surface area contributed by atoms with E-state index in [-0.39, 0.29) is 5.56 Å². The van der Waals surface area contributed by atoms with Gasteiger partial charge in [-0.1, -0.05) is 30.3 Å². The van der Waals surface area contributed by atoms with Crippen LogP contribution in [-0.2, 0) is 13.1 Å². The van der Waals surface area contributed by atoms with Gasteiger partial charge >= 0.3 is 0 Å². The van der Waals surface area contributed by atoms with E-state index in [0.717, 1.165) is 23.6 Å². The van der Waals surface area contributed by atoms with E-state index in [0.29, 0.717) is 23.9 Å². The lowest BCUT2D eigenvalue weighted by atomic mass is 10.2. The Labute approximate surface area is 134 Å². The molecule has 0 aliphatic carbocycles. The summed E-state index contributed by atoms with van der Waals surface area (Å²) < 4.78 is 2.43. The van der Waals surface area contributed by atoms with Gasteiger partial charge < -0.3 is 9.88 Å². The summed E-state index contributed by atoms with van der Waals surface area (Å²) in [6.45, 7) is 6.26. The summed E-state index contributed by atoms with van der Waals surface area (Å²) in [5.74, 6) is 0.842. The normalized spacial score (nSPS) is 14.7. The fraction of sp³-hybridized carbons (Fsp3) is 0.375.